The van der Waals surface area contributed by atoms with Crippen LogP contribution in [0.15, 0.2) is 24.3 Å². The molecule has 0 unspecified atom stereocenters. The molecule has 0 spiro atoms. The first-order valence-corrected chi connectivity index (χ1v) is 7.03. The molecule has 0 aliphatic heterocycles. The Morgan fingerprint density at radius 3 is 2.75 bits per heavy atom. The zero-order chi connectivity index (χ0) is 11.8. The van der Waals surface area contributed by atoms with E-state index >= 15 is 0 Å². The van der Waals surface area contributed by atoms with Crippen molar-refractivity contribution < 1.29 is 8.42 Å². The van der Waals surface area contributed by atoms with Gasteiger partial charge in [0.05, 0.1) is 11.3 Å². The van der Waals surface area contributed by atoms with Crippen LogP contribution in [-0.2, 0) is 22.1 Å². The maximum absolute atomic E-state index is 11.2. The second kappa shape index (κ2) is 3.92. The van der Waals surface area contributed by atoms with Crippen LogP contribution in [0.4, 0.5) is 0 Å². The van der Waals surface area contributed by atoms with Gasteiger partial charge in [0.25, 0.3) is 0 Å². The quantitative estimate of drug-likeness (QED) is 0.842. The number of hydrogen-bond acceptors (Lipinski definition) is 3. The third-order valence-corrected chi connectivity index (χ3v) is 3.27. The van der Waals surface area contributed by atoms with E-state index in [0.717, 1.165) is 16.5 Å². The molecule has 0 atom stereocenters. The Kier molecular flexibility index (Phi) is 2.73. The molecule has 2 aromatic rings. The molecule has 0 aliphatic carbocycles. The van der Waals surface area contributed by atoms with E-state index in [0.29, 0.717) is 12.2 Å². The van der Waals surface area contributed by atoms with Gasteiger partial charge in [-0.3, -0.25) is 0 Å². The van der Waals surface area contributed by atoms with Crippen LogP contribution in [-0.4, -0.2) is 19.7 Å². The van der Waals surface area contributed by atoms with Crippen LogP contribution in [0.2, 0.25) is 0 Å². The lowest BCUT2D eigenvalue weighted by Gasteiger charge is -1.98. The zero-order valence-electron chi connectivity index (χ0n) is 9.03. The number of aromatic amines is 1. The van der Waals surface area contributed by atoms with Crippen LogP contribution in [0, 0.1) is 0 Å². The van der Waals surface area contributed by atoms with Crippen LogP contribution in [0.5, 0.6) is 0 Å². The van der Waals surface area contributed by atoms with Gasteiger partial charge in [-0.1, -0.05) is 18.2 Å². The maximum atomic E-state index is 11.2. The highest BCUT2D eigenvalue weighted by Gasteiger charge is 2.09. The van der Waals surface area contributed by atoms with Gasteiger partial charge in [0.1, 0.15) is 0 Å². The van der Waals surface area contributed by atoms with Crippen molar-refractivity contribution in [2.24, 2.45) is 5.73 Å². The minimum absolute atomic E-state index is 0.0334. The number of fused-ring (bicyclic) bond motifs is 1. The number of H-pyrrole nitrogens is 1. The third-order valence-electron chi connectivity index (χ3n) is 2.44. The second-order valence-electron chi connectivity index (χ2n) is 3.95. The van der Waals surface area contributed by atoms with Crippen molar-refractivity contribution in [1.29, 1.82) is 0 Å². The van der Waals surface area contributed by atoms with Crippen molar-refractivity contribution in [2.75, 3.05) is 6.26 Å². The van der Waals surface area contributed by atoms with Gasteiger partial charge < -0.3 is 10.7 Å². The molecule has 0 aliphatic rings. The highest BCUT2D eigenvalue weighted by Crippen LogP contribution is 2.20. The Morgan fingerprint density at radius 2 is 2.12 bits per heavy atom. The first-order chi connectivity index (χ1) is 7.49. The van der Waals surface area contributed by atoms with Crippen LogP contribution in [0.3, 0.4) is 0 Å². The molecule has 0 amide bonds. The van der Waals surface area contributed by atoms with E-state index in [1.54, 1.807) is 0 Å². The summed E-state index contributed by atoms with van der Waals surface area (Å²) in [4.78, 5) is 3.11. The summed E-state index contributed by atoms with van der Waals surface area (Å²) in [6.07, 6.45) is 1.22. The molecule has 3 N–H and O–H groups in total. The first-order valence-electron chi connectivity index (χ1n) is 4.97. The van der Waals surface area contributed by atoms with Crippen molar-refractivity contribution in [1.82, 2.24) is 4.98 Å². The molecule has 0 bridgehead atoms. The van der Waals surface area contributed by atoms with Crippen LogP contribution in [0.1, 0.15) is 11.3 Å². The zero-order valence-corrected chi connectivity index (χ0v) is 9.84. The fourth-order valence-corrected chi connectivity index (χ4v) is 2.53. The van der Waals surface area contributed by atoms with Gasteiger partial charge >= 0.3 is 0 Å². The summed E-state index contributed by atoms with van der Waals surface area (Å²) >= 11 is 0. The van der Waals surface area contributed by atoms with Gasteiger partial charge in [-0.15, -0.1) is 0 Å². The standard InChI is InChI=1S/C11H14N2O2S/c1-16(14,15)7-10-5-8-3-2-4-9(6-12)11(8)13-10/h2-5,13H,6-7,12H2,1H3. The molecule has 1 aromatic heterocycles. The highest BCUT2D eigenvalue weighted by molar-refractivity contribution is 7.89. The van der Waals surface area contributed by atoms with Crippen molar-refractivity contribution in [3.8, 4) is 0 Å². The second-order valence-corrected chi connectivity index (χ2v) is 6.09. The SMILES string of the molecule is CS(=O)(=O)Cc1cc2cccc(CN)c2[nH]1. The van der Waals surface area contributed by atoms with E-state index in [1.165, 1.54) is 6.26 Å². The Labute approximate surface area is 94.4 Å². The lowest BCUT2D eigenvalue weighted by Crippen LogP contribution is -2.01. The molecule has 0 saturated heterocycles. The molecule has 1 aromatic carbocycles. The van der Waals surface area contributed by atoms with Gasteiger partial charge in [0.15, 0.2) is 9.84 Å². The summed E-state index contributed by atoms with van der Waals surface area (Å²) in [5, 5.41) is 1.00. The summed E-state index contributed by atoms with van der Waals surface area (Å²) in [6.45, 7) is 0.441. The number of para-hydroxylation sites is 1. The maximum Gasteiger partial charge on any atom is 0.153 e. The molecule has 0 radical (unpaired) electrons. The van der Waals surface area contributed by atoms with Crippen molar-refractivity contribution in [2.45, 2.75) is 12.3 Å². The first kappa shape index (κ1) is 11.2. The Balaban J connectivity index is 2.52. The third kappa shape index (κ3) is 2.25. The molecular formula is C11H14N2O2S. The molecule has 4 nitrogen and oxygen atoms in total. The van der Waals surface area contributed by atoms with Gasteiger partial charge in [-0.25, -0.2) is 8.42 Å². The molecule has 0 fully saturated rings. The molecule has 0 saturated carbocycles. The largest absolute Gasteiger partial charge is 0.357 e. The highest BCUT2D eigenvalue weighted by atomic mass is 32.2. The minimum atomic E-state index is -3.01. The topological polar surface area (TPSA) is 75.9 Å². The van der Waals surface area contributed by atoms with E-state index in [2.05, 4.69) is 4.98 Å². The molecule has 1 heterocycles. The van der Waals surface area contributed by atoms with Crippen molar-refractivity contribution in [3.63, 3.8) is 0 Å². The summed E-state index contributed by atoms with van der Waals surface area (Å²) in [6, 6.07) is 7.65. The van der Waals surface area contributed by atoms with E-state index < -0.39 is 9.84 Å². The van der Waals surface area contributed by atoms with Crippen LogP contribution < -0.4 is 5.73 Å². The average molecular weight is 238 g/mol. The molecular weight excluding hydrogens is 224 g/mol. The number of benzene rings is 1. The Hall–Kier alpha value is -1.33. The summed E-state index contributed by atoms with van der Waals surface area (Å²) in [5.74, 6) is 0.0334. The van der Waals surface area contributed by atoms with E-state index in [9.17, 15) is 8.42 Å². The Morgan fingerprint density at radius 1 is 1.38 bits per heavy atom. The summed E-state index contributed by atoms with van der Waals surface area (Å²) in [5.41, 5.74) is 8.25. The van der Waals surface area contributed by atoms with Crippen molar-refractivity contribution in [3.05, 3.63) is 35.5 Å². The number of nitrogens with two attached hydrogens (primary N) is 1. The predicted molar refractivity (Wildman–Crippen MR) is 64.7 cm³/mol. The fourth-order valence-electron chi connectivity index (χ4n) is 1.81. The monoisotopic (exact) mass is 238 g/mol. The van der Waals surface area contributed by atoms with Gasteiger partial charge in [0, 0.05) is 23.9 Å². The van der Waals surface area contributed by atoms with Gasteiger partial charge in [-0.05, 0) is 11.6 Å². The lowest BCUT2D eigenvalue weighted by molar-refractivity contribution is 0.600. The van der Waals surface area contributed by atoms with Crippen LogP contribution >= 0.6 is 0 Å². The molecule has 16 heavy (non-hydrogen) atoms. The van der Waals surface area contributed by atoms with Gasteiger partial charge in [-0.2, -0.15) is 0 Å². The number of rotatable bonds is 3. The Bertz CT molecular complexity index is 614. The molecule has 2 rings (SSSR count). The van der Waals surface area contributed by atoms with E-state index in [1.807, 2.05) is 24.3 Å². The molecule has 86 valence electrons. The number of aromatic nitrogens is 1. The van der Waals surface area contributed by atoms with E-state index in [-0.39, 0.29) is 5.75 Å². The van der Waals surface area contributed by atoms with Crippen LogP contribution in [0.25, 0.3) is 10.9 Å². The fraction of sp³-hybridized carbons (Fsp3) is 0.273. The number of sulfone groups is 1. The normalized spacial score (nSPS) is 12.1. The van der Waals surface area contributed by atoms with Gasteiger partial charge in [0.2, 0.25) is 0 Å². The number of nitrogens with one attached hydrogen (secondary N) is 1. The summed E-state index contributed by atoms with van der Waals surface area (Å²) in [7, 11) is -3.01. The average Bonchev–Trinajstić information content (AvgIpc) is 2.56. The summed E-state index contributed by atoms with van der Waals surface area (Å²) < 4.78 is 22.4. The lowest BCUT2D eigenvalue weighted by atomic mass is 10.1. The smallest absolute Gasteiger partial charge is 0.153 e. The molecule has 5 heteroatoms. The minimum Gasteiger partial charge on any atom is -0.357 e. The van der Waals surface area contributed by atoms with E-state index in [4.69, 9.17) is 5.73 Å². The van der Waals surface area contributed by atoms with Crippen molar-refractivity contribution >= 4 is 20.7 Å². The number of hydrogen-bond donors (Lipinski definition) is 2. The predicted octanol–water partition coefficient (Wildman–Crippen LogP) is 1.17.